The third-order valence-electron chi connectivity index (χ3n) is 5.72. The Kier molecular flexibility index (Phi) is 7.47. The highest BCUT2D eigenvalue weighted by atomic mass is 35.5. The van der Waals surface area contributed by atoms with Crippen molar-refractivity contribution in [2.75, 3.05) is 21.3 Å². The lowest BCUT2D eigenvalue weighted by atomic mass is 10.1. The summed E-state index contributed by atoms with van der Waals surface area (Å²) in [6.45, 7) is 0. The molecule has 0 aliphatic carbocycles. The number of ether oxygens (including phenoxy) is 5. The number of halogens is 2. The highest BCUT2D eigenvalue weighted by Crippen LogP contribution is 2.40. The normalized spacial score (nSPS) is 13.8. The molecule has 0 bridgehead atoms. The largest absolute Gasteiger partial charge is 0.493 e. The molecule has 0 spiro atoms. The average Bonchev–Trinajstić information content (AvgIpc) is 3.47. The maximum Gasteiger partial charge on any atom is 0.363 e. The molecule has 8 nitrogen and oxygen atoms in total. The predicted molar refractivity (Wildman–Crippen MR) is 150 cm³/mol. The summed E-state index contributed by atoms with van der Waals surface area (Å²) in [5, 5.41) is 1.52. The van der Waals surface area contributed by atoms with Crippen molar-refractivity contribution in [1.29, 1.82) is 0 Å². The Balaban J connectivity index is 1.46. The highest BCUT2D eigenvalue weighted by molar-refractivity contribution is 7.21. The second kappa shape index (κ2) is 11.0. The molecule has 39 heavy (non-hydrogen) atoms. The maximum absolute atomic E-state index is 13.1. The first-order chi connectivity index (χ1) is 18.8. The number of hydrogen-bond acceptors (Lipinski definition) is 9. The van der Waals surface area contributed by atoms with E-state index in [2.05, 4.69) is 4.99 Å². The third-order valence-corrected chi connectivity index (χ3v) is 7.60. The van der Waals surface area contributed by atoms with E-state index in [1.807, 2.05) is 0 Å². The van der Waals surface area contributed by atoms with E-state index in [4.69, 9.17) is 46.9 Å². The van der Waals surface area contributed by atoms with Crippen molar-refractivity contribution in [3.8, 4) is 23.0 Å². The first kappa shape index (κ1) is 26.6. The lowest BCUT2D eigenvalue weighted by Gasteiger charge is -2.13. The van der Waals surface area contributed by atoms with Crippen molar-refractivity contribution in [2.24, 2.45) is 4.99 Å². The van der Waals surface area contributed by atoms with E-state index in [-0.39, 0.29) is 27.2 Å². The number of aliphatic imine (C=N–C) groups is 1. The topological polar surface area (TPSA) is 92.7 Å². The molecule has 0 radical (unpaired) electrons. The van der Waals surface area contributed by atoms with Gasteiger partial charge in [0, 0.05) is 26.2 Å². The number of esters is 2. The lowest BCUT2D eigenvalue weighted by molar-refractivity contribution is -0.129. The summed E-state index contributed by atoms with van der Waals surface area (Å²) in [7, 11) is 4.45. The number of methoxy groups -OCH3 is 3. The van der Waals surface area contributed by atoms with Crippen molar-refractivity contribution in [3.63, 3.8) is 0 Å². The number of cyclic esters (lactones) is 1. The molecule has 0 saturated heterocycles. The van der Waals surface area contributed by atoms with Crippen LogP contribution in [0.2, 0.25) is 10.0 Å². The summed E-state index contributed by atoms with van der Waals surface area (Å²) in [5.74, 6) is 0.0940. The Morgan fingerprint density at radius 2 is 1.67 bits per heavy atom. The van der Waals surface area contributed by atoms with Crippen molar-refractivity contribution >= 4 is 68.5 Å². The molecule has 11 heteroatoms. The number of hydrogen-bond donors (Lipinski definition) is 0. The van der Waals surface area contributed by atoms with E-state index >= 15 is 0 Å². The SMILES string of the molecule is COc1cc(C2=N/C(=C/c3ccccc3OC(=O)c3sc4cc(Cl)ccc4c3Cl)C(=O)O2)cc(OC)c1OC. The highest BCUT2D eigenvalue weighted by Gasteiger charge is 2.27. The summed E-state index contributed by atoms with van der Waals surface area (Å²) in [4.78, 5) is 30.3. The van der Waals surface area contributed by atoms with Gasteiger partial charge in [0.2, 0.25) is 11.6 Å². The van der Waals surface area contributed by atoms with E-state index in [9.17, 15) is 9.59 Å². The Bertz CT molecular complexity index is 1670. The van der Waals surface area contributed by atoms with Crippen molar-refractivity contribution < 1.29 is 33.3 Å². The van der Waals surface area contributed by atoms with Gasteiger partial charge in [-0.25, -0.2) is 14.6 Å². The predicted octanol–water partition coefficient (Wildman–Crippen LogP) is 6.80. The smallest absolute Gasteiger partial charge is 0.363 e. The zero-order chi connectivity index (χ0) is 27.7. The lowest BCUT2D eigenvalue weighted by Crippen LogP contribution is -2.08. The number of rotatable bonds is 7. The second-order valence-corrected chi connectivity index (χ2v) is 9.93. The van der Waals surface area contributed by atoms with Gasteiger partial charge in [-0.2, -0.15) is 0 Å². The zero-order valence-electron chi connectivity index (χ0n) is 20.7. The van der Waals surface area contributed by atoms with Crippen LogP contribution in [0.4, 0.5) is 0 Å². The molecule has 0 saturated carbocycles. The van der Waals surface area contributed by atoms with E-state index in [0.717, 1.165) is 4.70 Å². The van der Waals surface area contributed by atoms with E-state index in [1.165, 1.54) is 38.7 Å². The Morgan fingerprint density at radius 3 is 2.36 bits per heavy atom. The summed E-state index contributed by atoms with van der Waals surface area (Å²) in [6.07, 6.45) is 1.47. The quantitative estimate of drug-likeness (QED) is 0.134. The molecule has 5 rings (SSSR count). The van der Waals surface area contributed by atoms with Gasteiger partial charge in [0.25, 0.3) is 0 Å². The van der Waals surface area contributed by atoms with Crippen molar-refractivity contribution in [2.45, 2.75) is 0 Å². The molecule has 1 aromatic heterocycles. The van der Waals surface area contributed by atoms with Gasteiger partial charge in [0.15, 0.2) is 17.2 Å². The Labute approximate surface area is 236 Å². The van der Waals surface area contributed by atoms with Crippen LogP contribution in [-0.2, 0) is 9.53 Å². The number of thiophene rings is 1. The molecule has 0 unspecified atom stereocenters. The molecule has 198 valence electrons. The summed E-state index contributed by atoms with van der Waals surface area (Å²) in [6, 6.07) is 15.2. The van der Waals surface area contributed by atoms with Gasteiger partial charge in [0.05, 0.1) is 26.4 Å². The van der Waals surface area contributed by atoms with Crippen LogP contribution in [0.15, 0.2) is 65.3 Å². The molecular weight excluding hydrogens is 565 g/mol. The van der Waals surface area contributed by atoms with Crippen LogP contribution in [0.3, 0.4) is 0 Å². The van der Waals surface area contributed by atoms with Crippen LogP contribution in [0, 0.1) is 0 Å². The van der Waals surface area contributed by atoms with E-state index in [0.29, 0.717) is 38.8 Å². The van der Waals surface area contributed by atoms with Crippen LogP contribution < -0.4 is 18.9 Å². The zero-order valence-corrected chi connectivity index (χ0v) is 23.1. The standard InChI is InChI=1S/C28H19Cl2NO7S/c1-34-20-11-15(12-21(35-2)24(20)36-3)26-31-18(27(32)38-26)10-14-6-4-5-7-19(14)37-28(33)25-23(30)17-9-8-16(29)13-22(17)39-25/h4-13H,1-3H3/b18-10+. The fourth-order valence-corrected chi connectivity index (χ4v) is 5.55. The molecule has 0 N–H and O–H groups in total. The second-order valence-electron chi connectivity index (χ2n) is 8.06. The molecule has 3 aromatic carbocycles. The van der Waals surface area contributed by atoms with Crippen LogP contribution in [0.25, 0.3) is 16.2 Å². The molecule has 1 aliphatic rings. The van der Waals surface area contributed by atoms with Gasteiger partial charge in [-0.1, -0.05) is 47.5 Å². The van der Waals surface area contributed by atoms with Crippen LogP contribution in [0.5, 0.6) is 23.0 Å². The fourth-order valence-electron chi connectivity index (χ4n) is 3.89. The van der Waals surface area contributed by atoms with Gasteiger partial charge < -0.3 is 23.7 Å². The minimum Gasteiger partial charge on any atom is -0.493 e. The van der Waals surface area contributed by atoms with Gasteiger partial charge >= 0.3 is 11.9 Å². The first-order valence-corrected chi connectivity index (χ1v) is 12.9. The minimum atomic E-state index is -0.677. The van der Waals surface area contributed by atoms with Gasteiger partial charge in [0.1, 0.15) is 10.6 Å². The van der Waals surface area contributed by atoms with Crippen molar-refractivity contribution in [1.82, 2.24) is 0 Å². The summed E-state index contributed by atoms with van der Waals surface area (Å²) >= 11 is 13.7. The van der Waals surface area contributed by atoms with E-state index < -0.39 is 11.9 Å². The molecule has 1 aliphatic heterocycles. The summed E-state index contributed by atoms with van der Waals surface area (Å²) in [5.41, 5.74) is 0.894. The number of nitrogens with zero attached hydrogens (tertiary/aromatic N) is 1. The minimum absolute atomic E-state index is 0.0109. The Hall–Kier alpha value is -4.05. The fraction of sp³-hybridized carbons (Fsp3) is 0.107. The monoisotopic (exact) mass is 583 g/mol. The maximum atomic E-state index is 13.1. The average molecular weight is 584 g/mol. The van der Waals surface area contributed by atoms with Gasteiger partial charge in [-0.05, 0) is 36.4 Å². The van der Waals surface area contributed by atoms with E-state index in [1.54, 1.807) is 54.6 Å². The molecule has 0 atom stereocenters. The number of benzene rings is 3. The van der Waals surface area contributed by atoms with Crippen molar-refractivity contribution in [3.05, 3.63) is 86.3 Å². The molecular formula is C28H19Cl2NO7S. The van der Waals surface area contributed by atoms with Gasteiger partial charge in [-0.15, -0.1) is 11.3 Å². The number of fused-ring (bicyclic) bond motifs is 1. The third kappa shape index (κ3) is 5.16. The first-order valence-electron chi connectivity index (χ1n) is 11.3. The molecule has 4 aromatic rings. The molecule has 0 fully saturated rings. The number of carbonyl (C=O) groups excluding carboxylic acids is 2. The summed E-state index contributed by atoms with van der Waals surface area (Å²) < 4.78 is 27.9. The van der Waals surface area contributed by atoms with Crippen LogP contribution in [0.1, 0.15) is 20.8 Å². The molecule has 0 amide bonds. The number of para-hydroxylation sites is 1. The Morgan fingerprint density at radius 1 is 0.949 bits per heavy atom. The number of carbonyl (C=O) groups is 2. The molecule has 2 heterocycles. The van der Waals surface area contributed by atoms with Crippen LogP contribution in [-0.4, -0.2) is 39.2 Å². The van der Waals surface area contributed by atoms with Gasteiger partial charge in [-0.3, -0.25) is 0 Å². The van der Waals surface area contributed by atoms with Crippen LogP contribution >= 0.6 is 34.5 Å².